The number of nitrogens with zero attached hydrogens (tertiary/aromatic N) is 2. The van der Waals surface area contributed by atoms with Crippen molar-refractivity contribution >= 4 is 16.3 Å². The second kappa shape index (κ2) is 5.11. The Balaban J connectivity index is 1.78. The molecule has 0 bridgehead atoms. The number of rotatable bonds is 4. The molecule has 0 aliphatic carbocycles. The lowest BCUT2D eigenvalue weighted by molar-refractivity contribution is 0.0275. The fourth-order valence-electron chi connectivity index (χ4n) is 2.51. The summed E-state index contributed by atoms with van der Waals surface area (Å²) in [6, 6.07) is 0. The molecule has 2 aromatic heterocycles. The average molecular weight is 281 g/mol. The van der Waals surface area contributed by atoms with E-state index < -0.39 is 0 Å². The van der Waals surface area contributed by atoms with Gasteiger partial charge in [-0.05, 0) is 19.8 Å². The minimum absolute atomic E-state index is 0.0451. The zero-order valence-electron chi connectivity index (χ0n) is 11.3. The summed E-state index contributed by atoms with van der Waals surface area (Å²) in [5.41, 5.74) is 1.12. The maximum absolute atomic E-state index is 5.57. The quantitative estimate of drug-likeness (QED) is 0.932. The molecular formula is C13H19N3O2S. The van der Waals surface area contributed by atoms with Gasteiger partial charge in [0.15, 0.2) is 4.96 Å². The molecule has 0 aromatic carbocycles. The number of fused-ring (bicyclic) bond motifs is 1. The summed E-state index contributed by atoms with van der Waals surface area (Å²) in [5, 5.41) is 5.63. The number of imidazole rings is 1. The van der Waals surface area contributed by atoms with Crippen molar-refractivity contribution in [2.75, 3.05) is 20.3 Å². The molecule has 3 rings (SSSR count). The number of hydrogen-bond donors (Lipinski definition) is 1. The fourth-order valence-corrected chi connectivity index (χ4v) is 3.23. The van der Waals surface area contributed by atoms with Crippen molar-refractivity contribution in [2.24, 2.45) is 0 Å². The minimum atomic E-state index is 0.0451. The SMILES string of the molecule is COc1nc2sccn2c1CNC1(C)CCCOC1. The lowest BCUT2D eigenvalue weighted by Gasteiger charge is -2.34. The predicted octanol–water partition coefficient (Wildman–Crippen LogP) is 2.06. The van der Waals surface area contributed by atoms with Gasteiger partial charge in [0, 0.05) is 30.3 Å². The highest BCUT2D eigenvalue weighted by Gasteiger charge is 2.28. The molecule has 1 aliphatic heterocycles. The third-order valence-corrected chi connectivity index (χ3v) is 4.39. The Hall–Kier alpha value is -1.11. The van der Waals surface area contributed by atoms with Crippen LogP contribution in [0.4, 0.5) is 0 Å². The van der Waals surface area contributed by atoms with Gasteiger partial charge in [-0.1, -0.05) is 0 Å². The van der Waals surface area contributed by atoms with E-state index in [-0.39, 0.29) is 5.54 Å². The van der Waals surface area contributed by atoms with E-state index >= 15 is 0 Å². The maximum Gasteiger partial charge on any atom is 0.237 e. The molecule has 1 N–H and O–H groups in total. The lowest BCUT2D eigenvalue weighted by Crippen LogP contribution is -2.48. The topological polar surface area (TPSA) is 47.8 Å². The molecule has 0 spiro atoms. The second-order valence-corrected chi connectivity index (χ2v) is 6.07. The summed E-state index contributed by atoms with van der Waals surface area (Å²) in [6.45, 7) is 4.59. The Morgan fingerprint density at radius 2 is 2.53 bits per heavy atom. The molecule has 3 heterocycles. The highest BCUT2D eigenvalue weighted by atomic mass is 32.1. The molecule has 0 amide bonds. The molecule has 19 heavy (non-hydrogen) atoms. The molecule has 2 aromatic rings. The van der Waals surface area contributed by atoms with Gasteiger partial charge in [-0.2, -0.15) is 4.98 Å². The molecule has 104 valence electrons. The lowest BCUT2D eigenvalue weighted by atomic mass is 9.95. The first-order valence-corrected chi connectivity index (χ1v) is 7.41. The van der Waals surface area contributed by atoms with E-state index in [0.29, 0.717) is 5.88 Å². The van der Waals surface area contributed by atoms with Crippen molar-refractivity contribution in [2.45, 2.75) is 31.8 Å². The summed E-state index contributed by atoms with van der Waals surface area (Å²) in [5.74, 6) is 0.708. The second-order valence-electron chi connectivity index (χ2n) is 5.19. The zero-order chi connectivity index (χ0) is 13.3. The number of aromatic nitrogens is 2. The van der Waals surface area contributed by atoms with Gasteiger partial charge in [0.05, 0.1) is 13.7 Å². The van der Waals surface area contributed by atoms with E-state index in [4.69, 9.17) is 9.47 Å². The molecule has 5 nitrogen and oxygen atoms in total. The van der Waals surface area contributed by atoms with Gasteiger partial charge in [0.25, 0.3) is 0 Å². The van der Waals surface area contributed by atoms with Gasteiger partial charge in [-0.15, -0.1) is 11.3 Å². The highest BCUT2D eigenvalue weighted by molar-refractivity contribution is 7.15. The number of methoxy groups -OCH3 is 1. The van der Waals surface area contributed by atoms with Crippen LogP contribution in [0.25, 0.3) is 4.96 Å². The third-order valence-electron chi connectivity index (χ3n) is 3.64. The molecule has 1 fully saturated rings. The van der Waals surface area contributed by atoms with Crippen LogP contribution >= 0.6 is 11.3 Å². The number of nitrogens with one attached hydrogen (secondary N) is 1. The number of ether oxygens (including phenoxy) is 2. The highest BCUT2D eigenvalue weighted by Crippen LogP contribution is 2.25. The van der Waals surface area contributed by atoms with Gasteiger partial charge in [-0.3, -0.25) is 4.40 Å². The van der Waals surface area contributed by atoms with Gasteiger partial charge in [-0.25, -0.2) is 0 Å². The van der Waals surface area contributed by atoms with E-state index in [0.717, 1.165) is 43.3 Å². The zero-order valence-corrected chi connectivity index (χ0v) is 12.1. The first-order valence-electron chi connectivity index (χ1n) is 6.53. The molecule has 1 aliphatic rings. The Morgan fingerprint density at radius 3 is 3.26 bits per heavy atom. The summed E-state index contributed by atoms with van der Waals surface area (Å²) in [4.78, 5) is 5.44. The number of thiazole rings is 1. The van der Waals surface area contributed by atoms with Gasteiger partial charge < -0.3 is 14.8 Å². The van der Waals surface area contributed by atoms with Gasteiger partial charge in [0.2, 0.25) is 5.88 Å². The average Bonchev–Trinajstić information content (AvgIpc) is 2.97. The smallest absolute Gasteiger partial charge is 0.237 e. The van der Waals surface area contributed by atoms with E-state index in [1.807, 2.05) is 11.6 Å². The molecule has 1 saturated heterocycles. The molecule has 1 unspecified atom stereocenters. The van der Waals surface area contributed by atoms with Gasteiger partial charge >= 0.3 is 0 Å². The summed E-state index contributed by atoms with van der Waals surface area (Å²) >= 11 is 1.62. The van der Waals surface area contributed by atoms with E-state index in [2.05, 4.69) is 21.6 Å². The van der Waals surface area contributed by atoms with Crippen LogP contribution in [-0.4, -0.2) is 35.2 Å². The van der Waals surface area contributed by atoms with Crippen LogP contribution in [0.3, 0.4) is 0 Å². The van der Waals surface area contributed by atoms with E-state index in [1.165, 1.54) is 0 Å². The Kier molecular flexibility index (Phi) is 3.47. The largest absolute Gasteiger partial charge is 0.480 e. The standard InChI is InChI=1S/C13H19N3O2S/c1-13(4-3-6-18-9-13)14-8-10-11(17-2)15-12-16(10)5-7-19-12/h5,7,14H,3-4,6,8-9H2,1-2H3. The van der Waals surface area contributed by atoms with Crippen LogP contribution in [0.1, 0.15) is 25.5 Å². The monoisotopic (exact) mass is 281 g/mol. The van der Waals surface area contributed by atoms with Crippen LogP contribution in [0, 0.1) is 0 Å². The predicted molar refractivity (Wildman–Crippen MR) is 74.9 cm³/mol. The number of hydrogen-bond acceptors (Lipinski definition) is 5. The third kappa shape index (κ3) is 2.48. The van der Waals surface area contributed by atoms with Crippen LogP contribution < -0.4 is 10.1 Å². The van der Waals surface area contributed by atoms with Crippen LogP contribution in [0.2, 0.25) is 0 Å². The maximum atomic E-state index is 5.57. The van der Waals surface area contributed by atoms with E-state index in [1.54, 1.807) is 18.4 Å². The van der Waals surface area contributed by atoms with E-state index in [9.17, 15) is 0 Å². The molecular weight excluding hydrogens is 262 g/mol. The van der Waals surface area contributed by atoms with Crippen LogP contribution in [0.5, 0.6) is 5.88 Å². The molecule has 0 saturated carbocycles. The van der Waals surface area contributed by atoms with Crippen molar-refractivity contribution in [1.82, 2.24) is 14.7 Å². The van der Waals surface area contributed by atoms with Crippen LogP contribution in [-0.2, 0) is 11.3 Å². The minimum Gasteiger partial charge on any atom is -0.480 e. The van der Waals surface area contributed by atoms with Crippen molar-refractivity contribution in [3.05, 3.63) is 17.3 Å². The molecule has 0 radical (unpaired) electrons. The molecule has 6 heteroatoms. The first kappa shape index (κ1) is 12.9. The summed E-state index contributed by atoms with van der Waals surface area (Å²) < 4.78 is 13.0. The van der Waals surface area contributed by atoms with Gasteiger partial charge in [0.1, 0.15) is 5.69 Å². The fraction of sp³-hybridized carbons (Fsp3) is 0.615. The van der Waals surface area contributed by atoms with Crippen molar-refractivity contribution in [1.29, 1.82) is 0 Å². The van der Waals surface area contributed by atoms with Crippen LogP contribution in [0.15, 0.2) is 11.6 Å². The van der Waals surface area contributed by atoms with Crippen molar-refractivity contribution in [3.63, 3.8) is 0 Å². The first-order chi connectivity index (χ1) is 9.22. The summed E-state index contributed by atoms with van der Waals surface area (Å²) in [6.07, 6.45) is 4.29. The Labute approximate surface area is 116 Å². The Bertz CT molecular complexity index is 557. The van der Waals surface area contributed by atoms with Crippen molar-refractivity contribution in [3.8, 4) is 5.88 Å². The normalized spacial score (nSPS) is 23.9. The Morgan fingerprint density at radius 1 is 1.63 bits per heavy atom. The molecule has 1 atom stereocenters. The van der Waals surface area contributed by atoms with Crippen molar-refractivity contribution < 1.29 is 9.47 Å². The summed E-state index contributed by atoms with van der Waals surface area (Å²) in [7, 11) is 1.67.